The number of amides is 3. The van der Waals surface area contributed by atoms with Crippen LogP contribution in [0.15, 0.2) is 121 Å². The molecule has 4 N–H and O–H groups in total. The molecule has 0 atom stereocenters. The van der Waals surface area contributed by atoms with Crippen LogP contribution in [0.2, 0.25) is 0 Å². The van der Waals surface area contributed by atoms with Gasteiger partial charge in [0, 0.05) is 31.7 Å². The number of fused-ring (bicyclic) bond motifs is 1. The first-order valence-corrected chi connectivity index (χ1v) is 14.7. The van der Waals surface area contributed by atoms with Gasteiger partial charge in [0.15, 0.2) is 0 Å². The molecule has 0 heterocycles. The molecule has 0 saturated heterocycles. The molecule has 0 aliphatic rings. The molecule has 5 rings (SSSR count). The minimum atomic E-state index is -0.207. The van der Waals surface area contributed by atoms with Crippen molar-refractivity contribution in [2.75, 3.05) is 19.6 Å². The fraction of sp³-hybridized carbons (Fsp3) is 0.162. The monoisotopic (exact) mass is 584 g/mol. The highest BCUT2D eigenvalue weighted by molar-refractivity contribution is 6.01. The number of benzene rings is 5. The van der Waals surface area contributed by atoms with Gasteiger partial charge in [0.25, 0.3) is 5.91 Å². The zero-order valence-electron chi connectivity index (χ0n) is 24.5. The molecule has 0 aliphatic carbocycles. The Balaban J connectivity index is 1.39. The zero-order valence-corrected chi connectivity index (χ0v) is 24.5. The molecule has 0 unspecified atom stereocenters. The van der Waals surface area contributed by atoms with Crippen molar-refractivity contribution in [1.82, 2.24) is 15.5 Å². The third-order valence-corrected chi connectivity index (χ3v) is 7.45. The van der Waals surface area contributed by atoms with Crippen molar-refractivity contribution in [2.24, 2.45) is 5.73 Å². The predicted octanol–water partition coefficient (Wildman–Crippen LogP) is 5.08. The summed E-state index contributed by atoms with van der Waals surface area (Å²) >= 11 is 0. The van der Waals surface area contributed by atoms with E-state index in [1.165, 1.54) is 0 Å². The first-order chi connectivity index (χ1) is 21.5. The van der Waals surface area contributed by atoms with E-state index in [1.54, 1.807) is 11.0 Å². The number of carbonyl (C=O) groups excluding carboxylic acids is 3. The Labute approximate surface area is 257 Å². The van der Waals surface area contributed by atoms with E-state index in [1.807, 2.05) is 97.1 Å². The van der Waals surface area contributed by atoms with Gasteiger partial charge in [-0.25, -0.2) is 0 Å². The Bertz CT molecular complexity index is 1750. The van der Waals surface area contributed by atoms with Crippen molar-refractivity contribution < 1.29 is 14.4 Å². The SMILES string of the molecule is NCCNC(=O)c1ccccc1-c1cccc(CN(Cc2cccc3ccccc23)C(=O)CNC(=O)Cc2ccccc2)c1. The van der Waals surface area contributed by atoms with Gasteiger partial charge in [-0.3, -0.25) is 14.4 Å². The minimum absolute atomic E-state index is 0.111. The van der Waals surface area contributed by atoms with Crippen LogP contribution in [0.5, 0.6) is 0 Å². The van der Waals surface area contributed by atoms with Crippen LogP contribution in [0.4, 0.5) is 0 Å². The number of carbonyl (C=O) groups is 3. The number of nitrogens with two attached hydrogens (primary N) is 1. The van der Waals surface area contributed by atoms with Gasteiger partial charge in [-0.1, -0.05) is 109 Å². The Morgan fingerprint density at radius 2 is 1.39 bits per heavy atom. The first kappa shape index (κ1) is 30.2. The maximum Gasteiger partial charge on any atom is 0.251 e. The van der Waals surface area contributed by atoms with Crippen LogP contribution in [0.25, 0.3) is 21.9 Å². The van der Waals surface area contributed by atoms with E-state index in [4.69, 9.17) is 5.73 Å². The maximum absolute atomic E-state index is 13.7. The number of nitrogens with zero attached hydrogens (tertiary/aromatic N) is 1. The van der Waals surface area contributed by atoms with Crippen molar-refractivity contribution in [3.63, 3.8) is 0 Å². The van der Waals surface area contributed by atoms with E-state index in [-0.39, 0.29) is 30.7 Å². The zero-order chi connectivity index (χ0) is 30.7. The second-order valence-electron chi connectivity index (χ2n) is 10.6. The van der Waals surface area contributed by atoms with Crippen LogP contribution in [-0.2, 0) is 29.1 Å². The summed E-state index contributed by atoms with van der Waals surface area (Å²) < 4.78 is 0. The van der Waals surface area contributed by atoms with Crippen molar-refractivity contribution in [3.8, 4) is 11.1 Å². The second kappa shape index (κ2) is 14.8. The Morgan fingerprint density at radius 1 is 0.682 bits per heavy atom. The third kappa shape index (κ3) is 7.76. The van der Waals surface area contributed by atoms with Crippen molar-refractivity contribution >= 4 is 28.5 Å². The van der Waals surface area contributed by atoms with Gasteiger partial charge >= 0.3 is 0 Å². The minimum Gasteiger partial charge on any atom is -0.351 e. The Kier molecular flexibility index (Phi) is 10.1. The van der Waals surface area contributed by atoms with E-state index in [9.17, 15) is 14.4 Å². The van der Waals surface area contributed by atoms with E-state index >= 15 is 0 Å². The Hall–Kier alpha value is -5.27. The molecular weight excluding hydrogens is 548 g/mol. The summed E-state index contributed by atoms with van der Waals surface area (Å²) in [5.41, 5.74) is 10.6. The molecule has 5 aromatic carbocycles. The van der Waals surface area contributed by atoms with E-state index in [2.05, 4.69) is 28.8 Å². The Morgan fingerprint density at radius 3 is 2.23 bits per heavy atom. The normalized spacial score (nSPS) is 10.8. The maximum atomic E-state index is 13.7. The van der Waals surface area contributed by atoms with Crippen molar-refractivity contribution in [2.45, 2.75) is 19.5 Å². The largest absolute Gasteiger partial charge is 0.351 e. The highest BCUT2D eigenvalue weighted by Gasteiger charge is 2.18. The van der Waals surface area contributed by atoms with Gasteiger partial charge in [0.05, 0.1) is 13.0 Å². The lowest BCUT2D eigenvalue weighted by Crippen LogP contribution is -2.40. The van der Waals surface area contributed by atoms with Gasteiger partial charge in [-0.15, -0.1) is 0 Å². The molecule has 0 spiro atoms. The molecular formula is C37H36N4O3. The number of nitrogens with one attached hydrogen (secondary N) is 2. The molecule has 0 bridgehead atoms. The van der Waals surface area contributed by atoms with Gasteiger partial charge in [-0.05, 0) is 50.7 Å². The van der Waals surface area contributed by atoms with E-state index in [0.29, 0.717) is 31.7 Å². The van der Waals surface area contributed by atoms with E-state index in [0.717, 1.165) is 38.6 Å². The molecule has 0 aliphatic heterocycles. The summed E-state index contributed by atoms with van der Waals surface area (Å²) in [6.07, 6.45) is 0.206. The van der Waals surface area contributed by atoms with Crippen LogP contribution >= 0.6 is 0 Å². The molecule has 0 radical (unpaired) electrons. The summed E-state index contributed by atoms with van der Waals surface area (Å²) in [7, 11) is 0. The highest BCUT2D eigenvalue weighted by Crippen LogP contribution is 2.26. The molecule has 7 heteroatoms. The van der Waals surface area contributed by atoms with Crippen molar-refractivity contribution in [1.29, 1.82) is 0 Å². The van der Waals surface area contributed by atoms with Crippen LogP contribution in [0.3, 0.4) is 0 Å². The van der Waals surface area contributed by atoms with Crippen molar-refractivity contribution in [3.05, 3.63) is 144 Å². The number of rotatable bonds is 12. The van der Waals surface area contributed by atoms with Gasteiger partial charge in [-0.2, -0.15) is 0 Å². The fourth-order valence-electron chi connectivity index (χ4n) is 5.27. The van der Waals surface area contributed by atoms with Crippen LogP contribution < -0.4 is 16.4 Å². The van der Waals surface area contributed by atoms with Gasteiger partial charge in [0.2, 0.25) is 11.8 Å². The molecule has 222 valence electrons. The third-order valence-electron chi connectivity index (χ3n) is 7.45. The summed E-state index contributed by atoms with van der Waals surface area (Å²) in [6, 6.07) is 39.0. The molecule has 0 saturated carbocycles. The lowest BCUT2D eigenvalue weighted by Gasteiger charge is -2.24. The molecule has 0 fully saturated rings. The summed E-state index contributed by atoms with van der Waals surface area (Å²) in [4.78, 5) is 41.0. The van der Waals surface area contributed by atoms with Crippen LogP contribution in [0.1, 0.15) is 27.0 Å². The number of hydrogen-bond donors (Lipinski definition) is 3. The molecule has 44 heavy (non-hydrogen) atoms. The lowest BCUT2D eigenvalue weighted by molar-refractivity contribution is -0.133. The second-order valence-corrected chi connectivity index (χ2v) is 10.6. The quantitative estimate of drug-likeness (QED) is 0.190. The highest BCUT2D eigenvalue weighted by atomic mass is 16.2. The topological polar surface area (TPSA) is 105 Å². The summed E-state index contributed by atoms with van der Waals surface area (Å²) in [5, 5.41) is 7.83. The predicted molar refractivity (Wildman–Crippen MR) is 175 cm³/mol. The van der Waals surface area contributed by atoms with Gasteiger partial charge < -0.3 is 21.3 Å². The average molecular weight is 585 g/mol. The fourth-order valence-corrected chi connectivity index (χ4v) is 5.27. The molecule has 3 amide bonds. The number of hydrogen-bond acceptors (Lipinski definition) is 4. The molecule has 7 nitrogen and oxygen atoms in total. The molecule has 0 aromatic heterocycles. The van der Waals surface area contributed by atoms with Crippen LogP contribution in [0, 0.1) is 0 Å². The lowest BCUT2D eigenvalue weighted by atomic mass is 9.97. The summed E-state index contributed by atoms with van der Waals surface area (Å²) in [5.74, 6) is -0.581. The molecule has 5 aromatic rings. The smallest absolute Gasteiger partial charge is 0.251 e. The summed E-state index contributed by atoms with van der Waals surface area (Å²) in [6.45, 7) is 1.33. The van der Waals surface area contributed by atoms with Gasteiger partial charge in [0.1, 0.15) is 0 Å². The standard InChI is InChI=1S/C37H36N4O3/c38-20-21-39-37(44)34-19-7-6-18-33(34)30-15-8-12-28(22-30)25-41(26-31-16-9-14-29-13-4-5-17-32(29)31)36(43)24-40-35(42)23-27-10-2-1-3-11-27/h1-19,22H,20-21,23-26,38H2,(H,39,44)(H,40,42). The first-order valence-electron chi connectivity index (χ1n) is 14.7. The van der Waals surface area contributed by atoms with Crippen LogP contribution in [-0.4, -0.2) is 42.3 Å². The van der Waals surface area contributed by atoms with E-state index < -0.39 is 0 Å². The average Bonchev–Trinajstić information content (AvgIpc) is 3.06.